The molecule has 0 radical (unpaired) electrons. The fourth-order valence-corrected chi connectivity index (χ4v) is 1.93. The van der Waals surface area contributed by atoms with E-state index >= 15 is 0 Å². The van der Waals surface area contributed by atoms with Gasteiger partial charge in [0.2, 0.25) is 0 Å². The average molecular weight is 363 g/mol. The Morgan fingerprint density at radius 3 is 2.09 bits per heavy atom. The van der Waals surface area contributed by atoms with E-state index in [1.165, 1.54) is 25.2 Å². The summed E-state index contributed by atoms with van der Waals surface area (Å²) in [7, 11) is -5.30. The van der Waals surface area contributed by atoms with E-state index < -0.39 is 38.1 Å². The number of anilines is 1. The summed E-state index contributed by atoms with van der Waals surface area (Å²) in [5.41, 5.74) is 4.07. The quantitative estimate of drug-likeness (QED) is 0.467. The number of hydrogen-bond acceptors (Lipinski definition) is 5. The Morgan fingerprint density at radius 2 is 1.77 bits per heavy atom. The highest BCUT2D eigenvalue weighted by molar-refractivity contribution is 7.85. The van der Waals surface area contributed by atoms with Crippen molar-refractivity contribution < 1.29 is 38.5 Å². The zero-order chi connectivity index (χ0) is 17.6. The first-order valence-electron chi connectivity index (χ1n) is 5.52. The standard InChI is InChI=1S/C7H6F3N.C3H7NO5S2/c8-7(9,10)5-3-1-2-4-6(5)11;1-4(10(5)6)2-3-11(7,8)9/h1-4H,11H2;2-3H2,1H3/p+1. The van der Waals surface area contributed by atoms with Crippen molar-refractivity contribution in [3.63, 3.8) is 0 Å². The van der Waals surface area contributed by atoms with Gasteiger partial charge in [0.25, 0.3) is 10.1 Å². The molecule has 126 valence electrons. The number of nitrogens with zero attached hydrogens (tertiary/aromatic N) is 1. The van der Waals surface area contributed by atoms with Crippen LogP contribution in [0.15, 0.2) is 24.3 Å². The summed E-state index contributed by atoms with van der Waals surface area (Å²) >= 11 is 0. The van der Waals surface area contributed by atoms with Gasteiger partial charge in [0, 0.05) is 5.69 Å². The minimum absolute atomic E-state index is 0.236. The van der Waals surface area contributed by atoms with E-state index in [0.29, 0.717) is 0 Å². The smallest absolute Gasteiger partial charge is 0.398 e. The molecule has 0 spiro atoms. The first kappa shape index (κ1) is 20.3. The van der Waals surface area contributed by atoms with E-state index in [4.69, 9.17) is 10.3 Å². The monoisotopic (exact) mass is 363 g/mol. The van der Waals surface area contributed by atoms with Crippen LogP contribution in [0.2, 0.25) is 0 Å². The number of benzene rings is 1. The molecule has 3 N–H and O–H groups in total. The molecule has 0 unspecified atom stereocenters. The molecule has 1 aromatic rings. The highest BCUT2D eigenvalue weighted by Gasteiger charge is 2.32. The van der Waals surface area contributed by atoms with E-state index in [2.05, 4.69) is 0 Å². The number of para-hydroxylation sites is 1. The maximum absolute atomic E-state index is 12.0. The lowest BCUT2D eigenvalue weighted by Gasteiger charge is -2.07. The second-order valence-corrected chi connectivity index (χ2v) is 6.57. The van der Waals surface area contributed by atoms with Gasteiger partial charge in [0.15, 0.2) is 13.6 Å². The molecule has 22 heavy (non-hydrogen) atoms. The molecule has 0 aliphatic rings. The molecule has 7 nitrogen and oxygen atoms in total. The fourth-order valence-electron chi connectivity index (χ4n) is 1.07. The second-order valence-electron chi connectivity index (χ2n) is 3.94. The lowest BCUT2D eigenvalue weighted by molar-refractivity contribution is -0.466. The molecule has 0 bridgehead atoms. The summed E-state index contributed by atoms with van der Waals surface area (Å²) in [5.74, 6) is -0.586. The van der Waals surface area contributed by atoms with Crippen LogP contribution in [0, 0.1) is 0 Å². The van der Waals surface area contributed by atoms with Gasteiger partial charge in [-0.25, -0.2) is 0 Å². The van der Waals surface area contributed by atoms with Gasteiger partial charge in [-0.3, -0.25) is 4.55 Å². The third-order valence-corrected chi connectivity index (χ3v) is 3.57. The lowest BCUT2D eigenvalue weighted by Crippen LogP contribution is -2.16. The van der Waals surface area contributed by atoms with Crippen LogP contribution in [0.4, 0.5) is 18.9 Å². The molecule has 0 saturated carbocycles. The van der Waals surface area contributed by atoms with Gasteiger partial charge in [0.1, 0.15) is 5.75 Å². The molecule has 0 aliphatic heterocycles. The summed E-state index contributed by atoms with van der Waals surface area (Å²) in [6, 6.07) is 4.95. The highest BCUT2D eigenvalue weighted by atomic mass is 32.2. The maximum atomic E-state index is 12.0. The Hall–Kier alpha value is -1.66. The van der Waals surface area contributed by atoms with Gasteiger partial charge < -0.3 is 5.73 Å². The number of nitrogens with two attached hydrogens (primary N) is 1. The van der Waals surface area contributed by atoms with Gasteiger partial charge in [-0.15, -0.1) is 12.4 Å². The third kappa shape index (κ3) is 8.59. The second kappa shape index (κ2) is 8.10. The largest absolute Gasteiger partial charge is 0.458 e. The van der Waals surface area contributed by atoms with Gasteiger partial charge in [-0.1, -0.05) is 12.1 Å². The molecule has 0 atom stereocenters. The molecule has 0 aliphatic carbocycles. The molecular weight excluding hydrogens is 349 g/mol. The van der Waals surface area contributed by atoms with Gasteiger partial charge >= 0.3 is 16.7 Å². The molecule has 0 saturated heterocycles. The van der Waals surface area contributed by atoms with E-state index in [-0.39, 0.29) is 12.2 Å². The summed E-state index contributed by atoms with van der Waals surface area (Å²) in [4.78, 5) is 0. The Morgan fingerprint density at radius 1 is 1.27 bits per heavy atom. The van der Waals surface area contributed by atoms with Crippen molar-refractivity contribution in [3.05, 3.63) is 29.8 Å². The summed E-state index contributed by atoms with van der Waals surface area (Å²) in [6.45, 7) is -0.241. The predicted molar refractivity (Wildman–Crippen MR) is 72.2 cm³/mol. The van der Waals surface area contributed by atoms with Crippen LogP contribution < -0.4 is 5.73 Å². The Labute approximate surface area is 126 Å². The molecule has 0 amide bonds. The van der Waals surface area contributed by atoms with Crippen molar-refractivity contribution in [1.82, 2.24) is 0 Å². The summed E-state index contributed by atoms with van der Waals surface area (Å²) < 4.78 is 85.2. The number of nitrogen functional groups attached to an aromatic ring is 1. The Kier molecular flexibility index (Phi) is 7.49. The van der Waals surface area contributed by atoms with Gasteiger partial charge in [0.05, 0.1) is 5.56 Å². The van der Waals surface area contributed by atoms with Crippen LogP contribution in [0.1, 0.15) is 5.56 Å². The lowest BCUT2D eigenvalue weighted by atomic mass is 10.2. The summed E-state index contributed by atoms with van der Waals surface area (Å²) in [6.07, 6.45) is -4.34. The third-order valence-electron chi connectivity index (χ3n) is 2.18. The predicted octanol–water partition coefficient (Wildman–Crippen LogP) is 0.867. The molecule has 0 heterocycles. The highest BCUT2D eigenvalue weighted by Crippen LogP contribution is 2.32. The van der Waals surface area contributed by atoms with E-state index in [1.807, 2.05) is 0 Å². The summed E-state index contributed by atoms with van der Waals surface area (Å²) in [5, 5.41) is 0. The van der Waals surface area contributed by atoms with Crippen LogP contribution in [0.3, 0.4) is 0 Å². The van der Waals surface area contributed by atoms with Crippen molar-refractivity contribution in [1.29, 1.82) is 0 Å². The van der Waals surface area contributed by atoms with E-state index in [9.17, 15) is 30.0 Å². The van der Waals surface area contributed by atoms with Crippen molar-refractivity contribution in [2.24, 2.45) is 0 Å². The molecule has 1 rings (SSSR count). The van der Waals surface area contributed by atoms with E-state index in [0.717, 1.165) is 10.0 Å². The first-order valence-corrected chi connectivity index (χ1v) is 8.16. The molecule has 12 heteroatoms. The van der Waals surface area contributed by atoms with Crippen molar-refractivity contribution >= 4 is 26.3 Å². The Balaban J connectivity index is 0.000000401. The SMILES string of the molecule is C[N+](CCS(=O)(=O)O)=S(=O)=O.Nc1ccccc1C(F)(F)F. The number of halogens is 3. The molecule has 0 fully saturated rings. The van der Waals surface area contributed by atoms with Crippen LogP contribution in [0.25, 0.3) is 0 Å². The first-order chi connectivity index (χ1) is 9.84. The molecular formula is C10H14F3N2O5S2+. The van der Waals surface area contributed by atoms with Gasteiger partial charge in [-0.05, 0) is 12.1 Å². The average Bonchev–Trinajstić information content (AvgIpc) is 2.34. The fraction of sp³-hybridized carbons (Fsp3) is 0.400. The van der Waals surface area contributed by atoms with Crippen LogP contribution in [-0.4, -0.2) is 44.7 Å². The van der Waals surface area contributed by atoms with Crippen LogP contribution in [0.5, 0.6) is 0 Å². The zero-order valence-corrected chi connectivity index (χ0v) is 12.9. The number of rotatable bonds is 3. The van der Waals surface area contributed by atoms with Crippen LogP contribution >= 0.6 is 0 Å². The minimum atomic E-state index is -4.34. The number of hydrogen-bond donors (Lipinski definition) is 2. The normalized spacial score (nSPS) is 11.3. The molecule has 0 aromatic heterocycles. The topological polar surface area (TPSA) is 118 Å². The maximum Gasteiger partial charge on any atom is 0.458 e. The Bertz CT molecular complexity index is 734. The van der Waals surface area contributed by atoms with Crippen molar-refractivity contribution in [3.8, 4) is 0 Å². The van der Waals surface area contributed by atoms with Gasteiger partial charge in [-0.2, -0.15) is 21.6 Å². The van der Waals surface area contributed by atoms with E-state index in [1.54, 1.807) is 0 Å². The van der Waals surface area contributed by atoms with Crippen LogP contribution in [-0.2, 0) is 26.8 Å². The van der Waals surface area contributed by atoms with Crippen molar-refractivity contribution in [2.45, 2.75) is 6.18 Å². The van der Waals surface area contributed by atoms with Crippen molar-refractivity contribution in [2.75, 3.05) is 25.1 Å². The zero-order valence-electron chi connectivity index (χ0n) is 11.3. The molecule has 1 aromatic carbocycles. The minimum Gasteiger partial charge on any atom is -0.398 e. The number of alkyl halides is 3.